The van der Waals surface area contributed by atoms with E-state index >= 15 is 4.39 Å². The van der Waals surface area contributed by atoms with Crippen LogP contribution in [0.1, 0.15) is 31.7 Å². The van der Waals surface area contributed by atoms with E-state index in [4.69, 9.17) is 14.5 Å². The maximum Gasteiger partial charge on any atom is 0.319 e. The van der Waals surface area contributed by atoms with Gasteiger partial charge in [-0.1, -0.05) is 13.0 Å². The number of hydrogen-bond acceptors (Lipinski definition) is 8. The number of anilines is 1. The standard InChI is InChI=1S/C32H32F3N5O3/c1-2-21-24(34)5-4-18-8-20(41)9-22(25(18)21)27-26(35)28-23(11-36-27)29(39-13-31(14-39)15-42-16-31)38-30(37-28)43-17-32-6-3-7-40(32)12-19(33)10-32/h4-5,8-9,11,19,41H,2-3,6-7,10,12-17H2,1H3/t19-,32+/m1/s1. The fourth-order valence-electron chi connectivity index (χ4n) is 7.68. The monoisotopic (exact) mass is 591 g/mol. The number of halogens is 3. The molecule has 2 atom stereocenters. The van der Waals surface area contributed by atoms with Crippen LogP contribution in [0.25, 0.3) is 32.9 Å². The molecular weight excluding hydrogens is 559 g/mol. The van der Waals surface area contributed by atoms with Gasteiger partial charge in [0, 0.05) is 37.8 Å². The summed E-state index contributed by atoms with van der Waals surface area (Å²) in [6, 6.07) is 5.89. The fraction of sp³-hybridized carbons (Fsp3) is 0.469. The molecule has 11 heteroatoms. The van der Waals surface area contributed by atoms with Gasteiger partial charge in [-0.05, 0) is 60.3 Å². The lowest BCUT2D eigenvalue weighted by atomic mass is 9.78. The highest BCUT2D eigenvalue weighted by atomic mass is 19.1. The predicted molar refractivity (Wildman–Crippen MR) is 155 cm³/mol. The highest BCUT2D eigenvalue weighted by Gasteiger charge is 2.51. The molecule has 4 aliphatic heterocycles. The Morgan fingerprint density at radius 1 is 1.16 bits per heavy atom. The molecule has 0 saturated carbocycles. The van der Waals surface area contributed by atoms with Gasteiger partial charge in [0.1, 0.15) is 41.4 Å². The molecule has 2 aromatic heterocycles. The van der Waals surface area contributed by atoms with E-state index in [9.17, 15) is 13.9 Å². The largest absolute Gasteiger partial charge is 0.508 e. The molecular formula is C32H32F3N5O3. The van der Waals surface area contributed by atoms with E-state index in [-0.39, 0.29) is 40.6 Å². The Labute approximate surface area is 246 Å². The second kappa shape index (κ2) is 9.65. The molecule has 0 aliphatic carbocycles. The van der Waals surface area contributed by atoms with Crippen molar-refractivity contribution in [1.29, 1.82) is 0 Å². The van der Waals surface area contributed by atoms with Crippen LogP contribution in [0.4, 0.5) is 19.0 Å². The molecule has 0 amide bonds. The minimum absolute atomic E-state index is 0.0222. The van der Waals surface area contributed by atoms with Crippen LogP contribution >= 0.6 is 0 Å². The van der Waals surface area contributed by atoms with Crippen molar-refractivity contribution in [2.24, 2.45) is 5.41 Å². The summed E-state index contributed by atoms with van der Waals surface area (Å²) in [7, 11) is 0. The van der Waals surface area contributed by atoms with Crippen LogP contribution < -0.4 is 9.64 Å². The molecule has 4 aliphatic rings. The molecule has 2 aromatic carbocycles. The number of pyridine rings is 1. The number of aryl methyl sites for hydroxylation is 1. The topological polar surface area (TPSA) is 83.8 Å². The van der Waals surface area contributed by atoms with Crippen molar-refractivity contribution < 1.29 is 27.8 Å². The van der Waals surface area contributed by atoms with Gasteiger partial charge in [0.25, 0.3) is 0 Å². The summed E-state index contributed by atoms with van der Waals surface area (Å²) in [5, 5.41) is 12.0. The van der Waals surface area contributed by atoms with Crippen molar-refractivity contribution in [3.63, 3.8) is 0 Å². The second-order valence-electron chi connectivity index (χ2n) is 12.7. The second-order valence-corrected chi connectivity index (χ2v) is 12.7. The molecule has 1 N–H and O–H groups in total. The lowest BCUT2D eigenvalue weighted by Crippen LogP contribution is -2.66. The van der Waals surface area contributed by atoms with E-state index < -0.39 is 23.3 Å². The lowest BCUT2D eigenvalue weighted by Gasteiger charge is -2.55. The molecule has 6 heterocycles. The molecule has 4 fully saturated rings. The van der Waals surface area contributed by atoms with Crippen molar-refractivity contribution in [2.45, 2.75) is 44.3 Å². The number of fused-ring (bicyclic) bond motifs is 3. The Bertz CT molecular complexity index is 1780. The Morgan fingerprint density at radius 2 is 2.00 bits per heavy atom. The van der Waals surface area contributed by atoms with E-state index in [1.807, 2.05) is 6.92 Å². The predicted octanol–water partition coefficient (Wildman–Crippen LogP) is 5.18. The van der Waals surface area contributed by atoms with E-state index in [2.05, 4.69) is 19.8 Å². The highest BCUT2D eigenvalue weighted by Crippen LogP contribution is 2.44. The van der Waals surface area contributed by atoms with Crippen LogP contribution in [0.15, 0.2) is 30.5 Å². The minimum atomic E-state index is -0.903. The molecule has 4 aromatic rings. The average molecular weight is 592 g/mol. The van der Waals surface area contributed by atoms with Crippen molar-refractivity contribution >= 4 is 27.5 Å². The number of aromatic hydroxyl groups is 1. The number of benzene rings is 2. The van der Waals surface area contributed by atoms with Gasteiger partial charge in [-0.3, -0.25) is 9.88 Å². The zero-order chi connectivity index (χ0) is 29.5. The maximum absolute atomic E-state index is 16.7. The normalized spacial score (nSPS) is 24.5. The Kier molecular flexibility index (Phi) is 6.04. The summed E-state index contributed by atoms with van der Waals surface area (Å²) in [6.07, 6.45) is 3.20. The van der Waals surface area contributed by atoms with Gasteiger partial charge in [0.15, 0.2) is 5.82 Å². The third-order valence-electron chi connectivity index (χ3n) is 9.80. The number of rotatable bonds is 6. The fourth-order valence-corrected chi connectivity index (χ4v) is 7.68. The summed E-state index contributed by atoms with van der Waals surface area (Å²) in [4.78, 5) is 18.0. The molecule has 0 unspecified atom stereocenters. The third kappa shape index (κ3) is 4.15. The number of ether oxygens (including phenoxy) is 2. The first-order chi connectivity index (χ1) is 20.8. The Morgan fingerprint density at radius 3 is 2.77 bits per heavy atom. The first-order valence-electron chi connectivity index (χ1n) is 14.9. The van der Waals surface area contributed by atoms with Crippen LogP contribution in [0.2, 0.25) is 0 Å². The number of phenolic OH excluding ortho intramolecular Hbond substituents is 1. The number of nitrogens with zero attached hydrogens (tertiary/aromatic N) is 5. The van der Waals surface area contributed by atoms with Crippen LogP contribution in [0.3, 0.4) is 0 Å². The molecule has 8 nitrogen and oxygen atoms in total. The molecule has 1 spiro atoms. The van der Waals surface area contributed by atoms with Crippen LogP contribution in [0, 0.1) is 17.0 Å². The molecule has 43 heavy (non-hydrogen) atoms. The number of phenols is 1. The smallest absolute Gasteiger partial charge is 0.319 e. The average Bonchev–Trinajstić information content (AvgIpc) is 3.46. The first kappa shape index (κ1) is 26.9. The summed E-state index contributed by atoms with van der Waals surface area (Å²) in [6.45, 7) is 6.03. The van der Waals surface area contributed by atoms with Gasteiger partial charge in [0.2, 0.25) is 0 Å². The number of hydrogen-bond donors (Lipinski definition) is 1. The first-order valence-corrected chi connectivity index (χ1v) is 14.9. The van der Waals surface area contributed by atoms with Gasteiger partial charge < -0.3 is 19.5 Å². The number of alkyl halides is 1. The van der Waals surface area contributed by atoms with Crippen molar-refractivity contribution in [2.75, 3.05) is 50.9 Å². The van der Waals surface area contributed by atoms with Crippen LogP contribution in [-0.4, -0.2) is 82.7 Å². The highest BCUT2D eigenvalue weighted by molar-refractivity contribution is 6.01. The molecule has 0 radical (unpaired) electrons. The number of aromatic nitrogens is 3. The van der Waals surface area contributed by atoms with Gasteiger partial charge in [-0.15, -0.1) is 0 Å². The molecule has 8 rings (SSSR count). The van der Waals surface area contributed by atoms with E-state index in [0.717, 1.165) is 19.4 Å². The van der Waals surface area contributed by atoms with Crippen molar-refractivity contribution in [3.05, 3.63) is 47.7 Å². The van der Waals surface area contributed by atoms with E-state index in [0.29, 0.717) is 73.2 Å². The SMILES string of the molecule is CCc1c(F)ccc2cc(O)cc(-c3ncc4c(N5CC6(COC6)C5)nc(OC[C@@]56CCCN5C[C@H](F)C6)nc4c3F)c12. The zero-order valence-corrected chi connectivity index (χ0v) is 23.9. The van der Waals surface area contributed by atoms with Crippen molar-refractivity contribution in [1.82, 2.24) is 19.9 Å². The summed E-state index contributed by atoms with van der Waals surface area (Å²) in [5.74, 6) is -0.677. The molecule has 4 saturated heterocycles. The summed E-state index contributed by atoms with van der Waals surface area (Å²) >= 11 is 0. The lowest BCUT2D eigenvalue weighted by molar-refractivity contribution is -0.127. The van der Waals surface area contributed by atoms with Gasteiger partial charge in [-0.2, -0.15) is 9.97 Å². The maximum atomic E-state index is 16.7. The zero-order valence-electron chi connectivity index (χ0n) is 23.9. The van der Waals surface area contributed by atoms with E-state index in [1.54, 1.807) is 6.07 Å². The molecule has 224 valence electrons. The summed E-state index contributed by atoms with van der Waals surface area (Å²) < 4.78 is 57.5. The van der Waals surface area contributed by atoms with Gasteiger partial charge in [-0.25, -0.2) is 13.2 Å². The Hall–Kier alpha value is -3.70. The van der Waals surface area contributed by atoms with Crippen LogP contribution in [0.5, 0.6) is 11.8 Å². The third-order valence-corrected chi connectivity index (χ3v) is 9.80. The minimum Gasteiger partial charge on any atom is -0.508 e. The quantitative estimate of drug-likeness (QED) is 0.329. The van der Waals surface area contributed by atoms with Gasteiger partial charge in [0.05, 0.1) is 29.6 Å². The summed E-state index contributed by atoms with van der Waals surface area (Å²) in [5.41, 5.74) is 0.339. The Balaban J connectivity index is 1.25. The van der Waals surface area contributed by atoms with E-state index in [1.165, 1.54) is 24.4 Å². The van der Waals surface area contributed by atoms with Crippen LogP contribution in [-0.2, 0) is 11.2 Å². The molecule has 0 bridgehead atoms. The van der Waals surface area contributed by atoms with Crippen molar-refractivity contribution in [3.8, 4) is 23.0 Å². The van der Waals surface area contributed by atoms with Gasteiger partial charge >= 0.3 is 6.01 Å².